The van der Waals surface area contributed by atoms with Crippen LogP contribution in [0.2, 0.25) is 0 Å². The second-order valence-corrected chi connectivity index (χ2v) is 6.33. The molecule has 4 nitrogen and oxygen atoms in total. The lowest BCUT2D eigenvalue weighted by Crippen LogP contribution is -2.45. The second-order valence-electron chi connectivity index (χ2n) is 5.48. The van der Waals surface area contributed by atoms with E-state index in [4.69, 9.17) is 0 Å². The average Bonchev–Trinajstić information content (AvgIpc) is 3.00. The maximum atomic E-state index is 12.9. The van der Waals surface area contributed by atoms with Crippen LogP contribution in [-0.2, 0) is 0 Å². The number of hydrogen-bond donors (Lipinski definition) is 2. The molecule has 6 heteroatoms. The minimum Gasteiger partial charge on any atom is -0.391 e. The van der Waals surface area contributed by atoms with Crippen molar-refractivity contribution in [3.63, 3.8) is 0 Å². The molecule has 1 amide bonds. The first-order chi connectivity index (χ1) is 10.6. The van der Waals surface area contributed by atoms with Gasteiger partial charge in [0.1, 0.15) is 16.5 Å². The molecule has 22 heavy (non-hydrogen) atoms. The molecule has 2 atom stereocenters. The predicted molar refractivity (Wildman–Crippen MR) is 83.2 cm³/mol. The molecule has 1 saturated carbocycles. The van der Waals surface area contributed by atoms with Gasteiger partial charge in [0.15, 0.2) is 0 Å². The quantitative estimate of drug-likeness (QED) is 0.914. The minimum atomic E-state index is -0.479. The highest BCUT2D eigenvalue weighted by Gasteiger charge is 2.25. The van der Waals surface area contributed by atoms with Gasteiger partial charge in [-0.2, -0.15) is 0 Å². The molecule has 0 spiro atoms. The van der Waals surface area contributed by atoms with Gasteiger partial charge in [-0.25, -0.2) is 9.37 Å². The molecule has 1 aliphatic rings. The SMILES string of the molecule is O=C(NC1CCCCC1O)c1csc(-c2ccc(F)cc2)n1. The fourth-order valence-electron chi connectivity index (χ4n) is 2.63. The van der Waals surface area contributed by atoms with Crippen LogP contribution in [-0.4, -0.2) is 28.1 Å². The minimum absolute atomic E-state index is 0.197. The molecule has 2 N–H and O–H groups in total. The van der Waals surface area contributed by atoms with Crippen molar-refractivity contribution in [3.05, 3.63) is 41.2 Å². The fraction of sp³-hybridized carbons (Fsp3) is 0.375. The molecular weight excluding hydrogens is 303 g/mol. The Bertz CT molecular complexity index is 656. The van der Waals surface area contributed by atoms with E-state index in [1.165, 1.54) is 23.5 Å². The summed E-state index contributed by atoms with van der Waals surface area (Å²) in [6, 6.07) is 5.82. The molecule has 0 radical (unpaired) electrons. The topological polar surface area (TPSA) is 62.2 Å². The molecule has 2 aromatic rings. The van der Waals surface area contributed by atoms with Crippen molar-refractivity contribution in [3.8, 4) is 10.6 Å². The van der Waals surface area contributed by atoms with E-state index in [2.05, 4.69) is 10.3 Å². The Labute approximate surface area is 132 Å². The number of aliphatic hydroxyl groups excluding tert-OH is 1. The Kier molecular flexibility index (Phi) is 4.49. The van der Waals surface area contributed by atoms with Crippen LogP contribution >= 0.6 is 11.3 Å². The Morgan fingerprint density at radius 2 is 2.00 bits per heavy atom. The molecule has 0 bridgehead atoms. The number of carbonyl (C=O) groups is 1. The maximum Gasteiger partial charge on any atom is 0.271 e. The highest BCUT2D eigenvalue weighted by atomic mass is 32.1. The molecule has 1 heterocycles. The highest BCUT2D eigenvalue weighted by molar-refractivity contribution is 7.13. The summed E-state index contributed by atoms with van der Waals surface area (Å²) in [5, 5.41) is 15.1. The first-order valence-electron chi connectivity index (χ1n) is 7.34. The van der Waals surface area contributed by atoms with Crippen molar-refractivity contribution in [1.29, 1.82) is 0 Å². The zero-order chi connectivity index (χ0) is 15.5. The summed E-state index contributed by atoms with van der Waals surface area (Å²) >= 11 is 1.34. The van der Waals surface area contributed by atoms with Gasteiger partial charge < -0.3 is 10.4 Å². The van der Waals surface area contributed by atoms with E-state index in [9.17, 15) is 14.3 Å². The van der Waals surface area contributed by atoms with Crippen molar-refractivity contribution in [2.75, 3.05) is 0 Å². The number of carbonyl (C=O) groups excluding carboxylic acids is 1. The lowest BCUT2D eigenvalue weighted by molar-refractivity contribution is 0.0714. The number of halogens is 1. The molecular formula is C16H17FN2O2S. The molecule has 3 rings (SSSR count). The number of aromatic nitrogens is 1. The molecule has 1 aliphatic carbocycles. The third kappa shape index (κ3) is 3.34. The fourth-order valence-corrected chi connectivity index (χ4v) is 3.43. The molecule has 1 aromatic carbocycles. The van der Waals surface area contributed by atoms with Gasteiger partial charge in [0, 0.05) is 10.9 Å². The van der Waals surface area contributed by atoms with Gasteiger partial charge >= 0.3 is 0 Å². The second kappa shape index (κ2) is 6.54. The third-order valence-electron chi connectivity index (χ3n) is 3.87. The van der Waals surface area contributed by atoms with Crippen LogP contribution in [0.4, 0.5) is 4.39 Å². The summed E-state index contributed by atoms with van der Waals surface area (Å²) in [7, 11) is 0. The zero-order valence-electron chi connectivity index (χ0n) is 12.0. The monoisotopic (exact) mass is 320 g/mol. The van der Waals surface area contributed by atoms with Gasteiger partial charge in [-0.3, -0.25) is 4.79 Å². The standard InChI is InChI=1S/C16H17FN2O2S/c17-11-7-5-10(6-8-11)16-19-13(9-22-16)15(21)18-12-3-1-2-4-14(12)20/h5-9,12,14,20H,1-4H2,(H,18,21). The van der Waals surface area contributed by atoms with Crippen molar-refractivity contribution >= 4 is 17.2 Å². The average molecular weight is 320 g/mol. The molecule has 2 unspecified atom stereocenters. The van der Waals surface area contributed by atoms with Crippen LogP contribution in [0.1, 0.15) is 36.2 Å². The van der Waals surface area contributed by atoms with Crippen LogP contribution < -0.4 is 5.32 Å². The first-order valence-corrected chi connectivity index (χ1v) is 8.22. The first kappa shape index (κ1) is 15.1. The number of benzene rings is 1. The van der Waals surface area contributed by atoms with E-state index < -0.39 is 6.10 Å². The van der Waals surface area contributed by atoms with Gasteiger partial charge in [-0.15, -0.1) is 11.3 Å². The number of nitrogens with zero attached hydrogens (tertiary/aromatic N) is 1. The van der Waals surface area contributed by atoms with Crippen LogP contribution in [0.25, 0.3) is 10.6 Å². The summed E-state index contributed by atoms with van der Waals surface area (Å²) < 4.78 is 12.9. The van der Waals surface area contributed by atoms with Gasteiger partial charge in [0.05, 0.1) is 12.1 Å². The highest BCUT2D eigenvalue weighted by Crippen LogP contribution is 2.24. The number of aliphatic hydroxyl groups is 1. The lowest BCUT2D eigenvalue weighted by atomic mass is 9.92. The van der Waals surface area contributed by atoms with E-state index in [0.717, 1.165) is 31.2 Å². The normalized spacial score (nSPS) is 21.5. The lowest BCUT2D eigenvalue weighted by Gasteiger charge is -2.27. The van der Waals surface area contributed by atoms with E-state index in [1.807, 2.05) is 0 Å². The zero-order valence-corrected chi connectivity index (χ0v) is 12.8. The number of nitrogens with one attached hydrogen (secondary N) is 1. The van der Waals surface area contributed by atoms with Gasteiger partial charge in [0.25, 0.3) is 5.91 Å². The Hall–Kier alpha value is -1.79. The molecule has 0 aliphatic heterocycles. The molecule has 0 saturated heterocycles. The molecule has 1 fully saturated rings. The smallest absolute Gasteiger partial charge is 0.271 e. The number of hydrogen-bond acceptors (Lipinski definition) is 4. The summed E-state index contributed by atoms with van der Waals surface area (Å²) in [5.74, 6) is -0.569. The number of amides is 1. The Morgan fingerprint density at radius 1 is 1.27 bits per heavy atom. The van der Waals surface area contributed by atoms with Gasteiger partial charge in [-0.1, -0.05) is 12.8 Å². The summed E-state index contributed by atoms with van der Waals surface area (Å²) in [6.45, 7) is 0. The largest absolute Gasteiger partial charge is 0.391 e. The van der Waals surface area contributed by atoms with Crippen LogP contribution in [0, 0.1) is 5.82 Å². The van der Waals surface area contributed by atoms with Crippen LogP contribution in [0.3, 0.4) is 0 Å². The molecule has 116 valence electrons. The van der Waals surface area contributed by atoms with Crippen LogP contribution in [0.15, 0.2) is 29.6 Å². The van der Waals surface area contributed by atoms with Crippen LogP contribution in [0.5, 0.6) is 0 Å². The van der Waals surface area contributed by atoms with E-state index in [0.29, 0.717) is 10.7 Å². The molecule has 1 aromatic heterocycles. The predicted octanol–water partition coefficient (Wildman–Crippen LogP) is 2.98. The van der Waals surface area contributed by atoms with E-state index in [-0.39, 0.29) is 17.8 Å². The summed E-state index contributed by atoms with van der Waals surface area (Å²) in [5.41, 5.74) is 1.12. The number of rotatable bonds is 3. The van der Waals surface area contributed by atoms with Crippen molar-refractivity contribution < 1.29 is 14.3 Å². The van der Waals surface area contributed by atoms with Crippen molar-refractivity contribution in [1.82, 2.24) is 10.3 Å². The Balaban J connectivity index is 1.70. The number of thiazole rings is 1. The van der Waals surface area contributed by atoms with E-state index >= 15 is 0 Å². The van der Waals surface area contributed by atoms with Gasteiger partial charge in [-0.05, 0) is 37.1 Å². The summed E-state index contributed by atoms with van der Waals surface area (Å²) in [4.78, 5) is 16.5. The van der Waals surface area contributed by atoms with E-state index in [1.54, 1.807) is 17.5 Å². The van der Waals surface area contributed by atoms with Gasteiger partial charge in [0.2, 0.25) is 0 Å². The summed E-state index contributed by atoms with van der Waals surface area (Å²) in [6.07, 6.45) is 3.05. The van der Waals surface area contributed by atoms with Crippen molar-refractivity contribution in [2.24, 2.45) is 0 Å². The Morgan fingerprint density at radius 3 is 2.73 bits per heavy atom. The third-order valence-corrected chi connectivity index (χ3v) is 4.77. The maximum absolute atomic E-state index is 12.9. The van der Waals surface area contributed by atoms with Crippen molar-refractivity contribution in [2.45, 2.75) is 37.8 Å².